The average molecular weight is 344 g/mol. The lowest BCUT2D eigenvalue weighted by Gasteiger charge is -2.36. The Labute approximate surface area is 149 Å². The van der Waals surface area contributed by atoms with Gasteiger partial charge in [-0.15, -0.1) is 0 Å². The van der Waals surface area contributed by atoms with Gasteiger partial charge in [-0.25, -0.2) is 4.79 Å². The molecule has 2 heterocycles. The van der Waals surface area contributed by atoms with Gasteiger partial charge in [0.25, 0.3) is 0 Å². The Hall–Kier alpha value is -2.08. The molecule has 1 aromatic rings. The number of benzene rings is 1. The van der Waals surface area contributed by atoms with E-state index >= 15 is 0 Å². The molecule has 6 heteroatoms. The number of piperidine rings is 1. The standard InChI is InChI=1S/C19H28N4O2/c1-21-13-14-23(15-18(21)24)19(25)20-17-8-11-22(12-9-17)10-7-16-5-3-2-4-6-16/h2-6,17H,7-15H2,1H3,(H,20,25). The van der Waals surface area contributed by atoms with Gasteiger partial charge in [-0.1, -0.05) is 30.3 Å². The summed E-state index contributed by atoms with van der Waals surface area (Å²) in [6.07, 6.45) is 3.02. The minimum atomic E-state index is -0.0933. The van der Waals surface area contributed by atoms with Gasteiger partial charge in [-0.05, 0) is 24.8 Å². The maximum atomic E-state index is 12.3. The molecular formula is C19H28N4O2. The quantitative estimate of drug-likeness (QED) is 0.892. The molecule has 0 aliphatic carbocycles. The van der Waals surface area contributed by atoms with Gasteiger partial charge < -0.3 is 20.0 Å². The predicted molar refractivity (Wildman–Crippen MR) is 97.3 cm³/mol. The number of nitrogens with zero attached hydrogens (tertiary/aromatic N) is 3. The van der Waals surface area contributed by atoms with Gasteiger partial charge in [0.15, 0.2) is 0 Å². The number of urea groups is 1. The second kappa shape index (κ2) is 8.34. The van der Waals surface area contributed by atoms with Crippen LogP contribution in [0.5, 0.6) is 0 Å². The van der Waals surface area contributed by atoms with Crippen molar-refractivity contribution in [3.8, 4) is 0 Å². The Kier molecular flexibility index (Phi) is 5.91. The first-order valence-electron chi connectivity index (χ1n) is 9.17. The van der Waals surface area contributed by atoms with E-state index in [1.165, 1.54) is 5.56 Å². The van der Waals surface area contributed by atoms with Gasteiger partial charge in [-0.2, -0.15) is 0 Å². The third kappa shape index (κ3) is 4.95. The summed E-state index contributed by atoms with van der Waals surface area (Å²) in [6, 6.07) is 10.7. The van der Waals surface area contributed by atoms with Crippen LogP contribution in [0, 0.1) is 0 Å². The van der Waals surface area contributed by atoms with E-state index in [0.717, 1.165) is 38.9 Å². The lowest BCUT2D eigenvalue weighted by atomic mass is 10.0. The number of carbonyl (C=O) groups is 2. The Morgan fingerprint density at radius 3 is 2.52 bits per heavy atom. The molecule has 1 N–H and O–H groups in total. The molecule has 6 nitrogen and oxygen atoms in total. The summed E-state index contributed by atoms with van der Waals surface area (Å²) in [5, 5.41) is 3.11. The highest BCUT2D eigenvalue weighted by molar-refractivity contribution is 5.85. The van der Waals surface area contributed by atoms with Crippen molar-refractivity contribution in [3.63, 3.8) is 0 Å². The van der Waals surface area contributed by atoms with Crippen LogP contribution in [0.1, 0.15) is 18.4 Å². The molecule has 25 heavy (non-hydrogen) atoms. The fourth-order valence-corrected chi connectivity index (χ4v) is 3.43. The highest BCUT2D eigenvalue weighted by Crippen LogP contribution is 2.12. The highest BCUT2D eigenvalue weighted by Gasteiger charge is 2.27. The van der Waals surface area contributed by atoms with Crippen molar-refractivity contribution < 1.29 is 9.59 Å². The largest absolute Gasteiger partial charge is 0.342 e. The van der Waals surface area contributed by atoms with Gasteiger partial charge in [0.05, 0.1) is 0 Å². The van der Waals surface area contributed by atoms with E-state index in [2.05, 4.69) is 34.5 Å². The summed E-state index contributed by atoms with van der Waals surface area (Å²) in [6.45, 7) is 4.52. The van der Waals surface area contributed by atoms with Crippen molar-refractivity contribution in [2.24, 2.45) is 0 Å². The van der Waals surface area contributed by atoms with Crippen LogP contribution in [-0.2, 0) is 11.2 Å². The number of amides is 3. The van der Waals surface area contributed by atoms with Gasteiger partial charge in [-0.3, -0.25) is 4.79 Å². The van der Waals surface area contributed by atoms with Crippen LogP contribution in [0.4, 0.5) is 4.79 Å². The van der Waals surface area contributed by atoms with Crippen molar-refractivity contribution in [1.82, 2.24) is 20.0 Å². The number of hydrogen-bond donors (Lipinski definition) is 1. The Morgan fingerprint density at radius 1 is 1.12 bits per heavy atom. The zero-order chi connectivity index (χ0) is 17.6. The number of piperazine rings is 1. The van der Waals surface area contributed by atoms with E-state index in [4.69, 9.17) is 0 Å². The smallest absolute Gasteiger partial charge is 0.318 e. The van der Waals surface area contributed by atoms with E-state index in [1.807, 2.05) is 6.07 Å². The molecule has 2 aliphatic rings. The fraction of sp³-hybridized carbons (Fsp3) is 0.579. The van der Waals surface area contributed by atoms with Crippen molar-refractivity contribution in [1.29, 1.82) is 0 Å². The molecule has 3 rings (SSSR count). The summed E-state index contributed by atoms with van der Waals surface area (Å²) >= 11 is 0. The molecule has 1 aromatic carbocycles. The maximum Gasteiger partial charge on any atom is 0.318 e. The van der Waals surface area contributed by atoms with Crippen molar-refractivity contribution in [2.45, 2.75) is 25.3 Å². The monoisotopic (exact) mass is 344 g/mol. The SMILES string of the molecule is CN1CCN(C(=O)NC2CCN(CCc3ccccc3)CC2)CC1=O. The van der Waals surface area contributed by atoms with Gasteiger partial charge >= 0.3 is 6.03 Å². The second-order valence-electron chi connectivity index (χ2n) is 7.04. The molecule has 136 valence electrons. The number of likely N-dealkylation sites (N-methyl/N-ethyl adjacent to an activating group) is 1. The number of hydrogen-bond acceptors (Lipinski definition) is 3. The van der Waals surface area contributed by atoms with Crippen molar-refractivity contribution in [3.05, 3.63) is 35.9 Å². The van der Waals surface area contributed by atoms with E-state index in [-0.39, 0.29) is 24.5 Å². The number of rotatable bonds is 4. The van der Waals surface area contributed by atoms with Gasteiger partial charge in [0.2, 0.25) is 5.91 Å². The molecule has 3 amide bonds. The molecule has 0 atom stereocenters. The first-order valence-corrected chi connectivity index (χ1v) is 9.17. The summed E-state index contributed by atoms with van der Waals surface area (Å²) in [5.74, 6) is 0.0112. The minimum absolute atomic E-state index is 0.0112. The van der Waals surface area contributed by atoms with E-state index in [0.29, 0.717) is 13.1 Å². The van der Waals surface area contributed by atoms with Crippen LogP contribution in [-0.4, -0.2) is 79.0 Å². The first kappa shape index (κ1) is 17.7. The molecule has 2 fully saturated rings. The lowest BCUT2D eigenvalue weighted by molar-refractivity contribution is -0.133. The van der Waals surface area contributed by atoms with Crippen LogP contribution < -0.4 is 5.32 Å². The van der Waals surface area contributed by atoms with Crippen LogP contribution >= 0.6 is 0 Å². The molecule has 0 saturated carbocycles. The van der Waals surface area contributed by atoms with Crippen molar-refractivity contribution >= 4 is 11.9 Å². The number of nitrogens with one attached hydrogen (secondary N) is 1. The van der Waals surface area contributed by atoms with Crippen LogP contribution in [0.3, 0.4) is 0 Å². The van der Waals surface area contributed by atoms with Crippen LogP contribution in [0.25, 0.3) is 0 Å². The summed E-state index contributed by atoms with van der Waals surface area (Å²) in [4.78, 5) is 29.8. The molecule has 0 bridgehead atoms. The third-order valence-electron chi connectivity index (χ3n) is 5.22. The third-order valence-corrected chi connectivity index (χ3v) is 5.22. The zero-order valence-corrected chi connectivity index (χ0v) is 15.0. The summed E-state index contributed by atoms with van der Waals surface area (Å²) in [7, 11) is 1.78. The van der Waals surface area contributed by atoms with Crippen LogP contribution in [0.15, 0.2) is 30.3 Å². The van der Waals surface area contributed by atoms with E-state index in [9.17, 15) is 9.59 Å². The first-order chi connectivity index (χ1) is 12.1. The normalized spacial score (nSPS) is 20.0. The summed E-state index contributed by atoms with van der Waals surface area (Å²) in [5.41, 5.74) is 1.37. The van der Waals surface area contributed by atoms with Gasteiger partial charge in [0, 0.05) is 45.8 Å². The number of carbonyl (C=O) groups excluding carboxylic acids is 2. The molecule has 2 saturated heterocycles. The highest BCUT2D eigenvalue weighted by atomic mass is 16.2. The molecule has 0 unspecified atom stereocenters. The van der Waals surface area contributed by atoms with Crippen LogP contribution in [0.2, 0.25) is 0 Å². The molecule has 0 radical (unpaired) electrons. The molecular weight excluding hydrogens is 316 g/mol. The Bertz CT molecular complexity index is 584. The van der Waals surface area contributed by atoms with Crippen molar-refractivity contribution in [2.75, 3.05) is 46.3 Å². The molecule has 0 spiro atoms. The van der Waals surface area contributed by atoms with E-state index in [1.54, 1.807) is 16.8 Å². The maximum absolute atomic E-state index is 12.3. The predicted octanol–water partition coefficient (Wildman–Crippen LogP) is 1.18. The zero-order valence-electron chi connectivity index (χ0n) is 15.0. The molecule has 0 aromatic heterocycles. The Morgan fingerprint density at radius 2 is 1.84 bits per heavy atom. The summed E-state index contributed by atoms with van der Waals surface area (Å²) < 4.78 is 0. The Balaban J connectivity index is 1.37. The topological polar surface area (TPSA) is 55.9 Å². The fourth-order valence-electron chi connectivity index (χ4n) is 3.43. The van der Waals surface area contributed by atoms with E-state index < -0.39 is 0 Å². The lowest BCUT2D eigenvalue weighted by Crippen LogP contribution is -2.56. The molecule has 2 aliphatic heterocycles. The van der Waals surface area contributed by atoms with Gasteiger partial charge in [0.1, 0.15) is 6.54 Å². The average Bonchev–Trinajstić information content (AvgIpc) is 2.64. The number of likely N-dealkylation sites (tertiary alicyclic amines) is 1. The minimum Gasteiger partial charge on any atom is -0.342 e. The second-order valence-corrected chi connectivity index (χ2v) is 7.04.